The van der Waals surface area contributed by atoms with Crippen LogP contribution in [0.25, 0.3) is 0 Å². The van der Waals surface area contributed by atoms with E-state index in [0.29, 0.717) is 23.7 Å². The molecular formula is C20H21ClN2O4S. The van der Waals surface area contributed by atoms with Crippen LogP contribution in [-0.4, -0.2) is 32.0 Å². The Bertz CT molecular complexity index is 1020. The number of carbonyl (C=O) groups is 2. The molecule has 0 radical (unpaired) electrons. The molecule has 0 saturated heterocycles. The quantitative estimate of drug-likeness (QED) is 0.803. The Labute approximate surface area is 169 Å². The summed E-state index contributed by atoms with van der Waals surface area (Å²) in [5.41, 5.74) is 2.13. The molecule has 148 valence electrons. The van der Waals surface area contributed by atoms with Gasteiger partial charge in [0.1, 0.15) is 0 Å². The number of fused-ring (bicyclic) bond motifs is 1. The number of amides is 2. The van der Waals surface area contributed by atoms with E-state index in [1.165, 1.54) is 19.9 Å². The molecule has 2 amide bonds. The van der Waals surface area contributed by atoms with Crippen LogP contribution < -0.4 is 10.2 Å². The molecule has 1 atom stereocenters. The van der Waals surface area contributed by atoms with Crippen molar-refractivity contribution in [2.75, 3.05) is 16.8 Å². The number of hydrogen-bond donors (Lipinski definition) is 1. The number of halogens is 1. The zero-order valence-electron chi connectivity index (χ0n) is 15.6. The molecular weight excluding hydrogens is 400 g/mol. The lowest BCUT2D eigenvalue weighted by Crippen LogP contribution is -2.26. The molecule has 0 fully saturated rings. The smallest absolute Gasteiger partial charge is 0.225 e. The Hall–Kier alpha value is -2.38. The Kier molecular flexibility index (Phi) is 5.76. The summed E-state index contributed by atoms with van der Waals surface area (Å²) in [4.78, 5) is 25.7. The first kappa shape index (κ1) is 20.4. The van der Waals surface area contributed by atoms with E-state index in [9.17, 15) is 18.0 Å². The van der Waals surface area contributed by atoms with Gasteiger partial charge >= 0.3 is 0 Å². The van der Waals surface area contributed by atoms with Gasteiger partial charge in [-0.15, -0.1) is 0 Å². The minimum atomic E-state index is -3.68. The number of rotatable bonds is 5. The van der Waals surface area contributed by atoms with Crippen LogP contribution in [0.15, 0.2) is 47.4 Å². The van der Waals surface area contributed by atoms with Crippen molar-refractivity contribution in [1.29, 1.82) is 0 Å². The van der Waals surface area contributed by atoms with Gasteiger partial charge in [-0.25, -0.2) is 8.42 Å². The molecule has 0 saturated carbocycles. The van der Waals surface area contributed by atoms with Crippen LogP contribution >= 0.6 is 11.6 Å². The molecule has 0 aliphatic carbocycles. The van der Waals surface area contributed by atoms with Crippen molar-refractivity contribution in [2.45, 2.75) is 36.8 Å². The summed E-state index contributed by atoms with van der Waals surface area (Å²) in [6.45, 7) is 3.56. The Morgan fingerprint density at radius 1 is 1.18 bits per heavy atom. The molecule has 1 aliphatic heterocycles. The van der Waals surface area contributed by atoms with E-state index in [-0.39, 0.29) is 23.1 Å². The van der Waals surface area contributed by atoms with Gasteiger partial charge in [0.05, 0.1) is 10.1 Å². The second kappa shape index (κ2) is 7.93. The van der Waals surface area contributed by atoms with E-state index in [1.807, 2.05) is 0 Å². The number of anilines is 2. The fourth-order valence-electron chi connectivity index (χ4n) is 3.23. The molecule has 0 unspecified atom stereocenters. The van der Waals surface area contributed by atoms with Gasteiger partial charge in [0.25, 0.3) is 0 Å². The number of nitrogens with one attached hydrogen (secondary N) is 1. The maximum atomic E-state index is 12.9. The summed E-state index contributed by atoms with van der Waals surface area (Å²) in [7, 11) is -3.68. The Morgan fingerprint density at radius 3 is 2.50 bits per heavy atom. The highest BCUT2D eigenvalue weighted by Crippen LogP contribution is 2.31. The van der Waals surface area contributed by atoms with Crippen molar-refractivity contribution >= 4 is 44.6 Å². The van der Waals surface area contributed by atoms with Crippen LogP contribution in [0.4, 0.5) is 11.4 Å². The highest BCUT2D eigenvalue weighted by molar-refractivity contribution is 7.92. The topological polar surface area (TPSA) is 83.6 Å². The molecule has 2 aromatic rings. The van der Waals surface area contributed by atoms with E-state index in [4.69, 9.17) is 11.6 Å². The van der Waals surface area contributed by atoms with Crippen molar-refractivity contribution in [3.63, 3.8) is 0 Å². The van der Waals surface area contributed by atoms with Gasteiger partial charge < -0.3 is 10.2 Å². The van der Waals surface area contributed by atoms with Gasteiger partial charge in [-0.1, -0.05) is 11.6 Å². The third-order valence-electron chi connectivity index (χ3n) is 4.79. The Balaban J connectivity index is 1.72. The average molecular weight is 421 g/mol. The van der Waals surface area contributed by atoms with E-state index in [2.05, 4.69) is 5.32 Å². The molecule has 3 rings (SSSR count). The summed E-state index contributed by atoms with van der Waals surface area (Å²) in [6.07, 6.45) is 0.450. The van der Waals surface area contributed by atoms with Crippen LogP contribution in [0.5, 0.6) is 0 Å². The summed E-state index contributed by atoms with van der Waals surface area (Å²) >= 11 is 5.81. The van der Waals surface area contributed by atoms with Gasteiger partial charge in [0, 0.05) is 36.3 Å². The zero-order chi connectivity index (χ0) is 20.5. The van der Waals surface area contributed by atoms with Crippen molar-refractivity contribution in [3.8, 4) is 0 Å². The fraction of sp³-hybridized carbons (Fsp3) is 0.300. The molecule has 0 bridgehead atoms. The van der Waals surface area contributed by atoms with Crippen molar-refractivity contribution in [3.05, 3.63) is 53.1 Å². The first-order chi connectivity index (χ1) is 13.2. The predicted octanol–water partition coefficient (Wildman–Crippen LogP) is 3.44. The van der Waals surface area contributed by atoms with Crippen molar-refractivity contribution in [2.24, 2.45) is 0 Å². The number of nitrogens with zero attached hydrogens (tertiary/aromatic N) is 1. The van der Waals surface area contributed by atoms with Gasteiger partial charge in [-0.2, -0.15) is 0 Å². The van der Waals surface area contributed by atoms with Crippen molar-refractivity contribution in [1.82, 2.24) is 0 Å². The molecule has 2 aromatic carbocycles. The van der Waals surface area contributed by atoms with E-state index in [0.717, 1.165) is 11.3 Å². The van der Waals surface area contributed by atoms with Crippen LogP contribution in [-0.2, 0) is 25.8 Å². The molecule has 8 heteroatoms. The molecule has 0 aromatic heterocycles. The average Bonchev–Trinajstić information content (AvgIpc) is 3.07. The van der Waals surface area contributed by atoms with Crippen LogP contribution in [0, 0.1) is 0 Å². The SMILES string of the molecule is CC(=O)N1CCc2cc(S(=O)(=O)[C@H](C)CC(=O)Nc3ccc(Cl)cc3)ccc21. The third kappa shape index (κ3) is 4.20. The van der Waals surface area contributed by atoms with Gasteiger partial charge in [-0.3, -0.25) is 9.59 Å². The summed E-state index contributed by atoms with van der Waals surface area (Å²) < 4.78 is 25.8. The monoisotopic (exact) mass is 420 g/mol. The lowest BCUT2D eigenvalue weighted by atomic mass is 10.2. The maximum absolute atomic E-state index is 12.9. The van der Waals surface area contributed by atoms with E-state index >= 15 is 0 Å². The van der Waals surface area contributed by atoms with Crippen LogP contribution in [0.2, 0.25) is 5.02 Å². The zero-order valence-corrected chi connectivity index (χ0v) is 17.2. The minimum Gasteiger partial charge on any atom is -0.326 e. The summed E-state index contributed by atoms with van der Waals surface area (Å²) in [5, 5.41) is 2.34. The molecule has 28 heavy (non-hydrogen) atoms. The number of benzene rings is 2. The lowest BCUT2D eigenvalue weighted by molar-refractivity contribution is -0.117. The number of carbonyl (C=O) groups excluding carboxylic acids is 2. The van der Waals surface area contributed by atoms with Crippen LogP contribution in [0.3, 0.4) is 0 Å². The predicted molar refractivity (Wildman–Crippen MR) is 110 cm³/mol. The minimum absolute atomic E-state index is 0.0680. The highest BCUT2D eigenvalue weighted by Gasteiger charge is 2.29. The second-order valence-electron chi connectivity index (χ2n) is 6.83. The summed E-state index contributed by atoms with van der Waals surface area (Å²) in [5.74, 6) is -0.455. The molecule has 1 aliphatic rings. The first-order valence-electron chi connectivity index (χ1n) is 8.89. The molecule has 0 spiro atoms. The maximum Gasteiger partial charge on any atom is 0.225 e. The van der Waals surface area contributed by atoms with E-state index in [1.54, 1.807) is 41.3 Å². The van der Waals surface area contributed by atoms with Gasteiger partial charge in [-0.05, 0) is 61.4 Å². The normalized spacial score (nSPS) is 14.5. The third-order valence-corrected chi connectivity index (χ3v) is 7.17. The molecule has 1 heterocycles. The molecule has 1 N–H and O–H groups in total. The molecule has 6 nitrogen and oxygen atoms in total. The van der Waals surface area contributed by atoms with Crippen molar-refractivity contribution < 1.29 is 18.0 Å². The number of hydrogen-bond acceptors (Lipinski definition) is 4. The first-order valence-corrected chi connectivity index (χ1v) is 10.8. The summed E-state index contributed by atoms with van der Waals surface area (Å²) in [6, 6.07) is 11.4. The lowest BCUT2D eigenvalue weighted by Gasteiger charge is -2.16. The fourth-order valence-corrected chi connectivity index (χ4v) is 4.76. The van der Waals surface area contributed by atoms with E-state index < -0.39 is 15.1 Å². The highest BCUT2D eigenvalue weighted by atomic mass is 35.5. The largest absolute Gasteiger partial charge is 0.326 e. The number of sulfone groups is 1. The van der Waals surface area contributed by atoms with Gasteiger partial charge in [0.2, 0.25) is 11.8 Å². The second-order valence-corrected chi connectivity index (χ2v) is 9.63. The van der Waals surface area contributed by atoms with Gasteiger partial charge in [0.15, 0.2) is 9.84 Å². The Morgan fingerprint density at radius 2 is 1.86 bits per heavy atom. The van der Waals surface area contributed by atoms with Crippen LogP contribution in [0.1, 0.15) is 25.8 Å². The standard InChI is InChI=1S/C20H21ClN2O4S/c1-13(11-20(25)22-17-5-3-16(21)4-6-17)28(26,27)18-7-8-19-15(12-18)9-10-23(19)14(2)24/h3-8,12-13H,9-11H2,1-2H3,(H,22,25)/t13-/m1/s1.